The van der Waals surface area contributed by atoms with Crippen LogP contribution in [0.3, 0.4) is 0 Å². The van der Waals surface area contributed by atoms with Crippen LogP contribution in [0.5, 0.6) is 5.75 Å². The van der Waals surface area contributed by atoms with Gasteiger partial charge in [-0.15, -0.1) is 0 Å². The second-order valence-electron chi connectivity index (χ2n) is 4.94. The summed E-state index contributed by atoms with van der Waals surface area (Å²) < 4.78 is 0. The smallest absolute Gasteiger partial charge is 0.323 e. The van der Waals surface area contributed by atoms with Gasteiger partial charge in [0.25, 0.3) is 0 Å². The standard InChI is InChI=1S/C16H16N2O2/c19-15-10-12-6-4-5-11(12)9-14(15)18-16(20)17-13-7-2-1-3-8-13/h1-3,7-10,19H,4-6H2,(H2,17,18,20). The highest BCUT2D eigenvalue weighted by Crippen LogP contribution is 2.32. The van der Waals surface area contributed by atoms with E-state index in [1.54, 1.807) is 6.07 Å². The zero-order chi connectivity index (χ0) is 13.9. The summed E-state index contributed by atoms with van der Waals surface area (Å²) in [5.41, 5.74) is 3.55. The molecule has 0 saturated heterocycles. The van der Waals surface area contributed by atoms with Crippen molar-refractivity contribution in [2.24, 2.45) is 0 Å². The van der Waals surface area contributed by atoms with Gasteiger partial charge < -0.3 is 15.7 Å². The molecule has 0 radical (unpaired) electrons. The van der Waals surface area contributed by atoms with Crippen molar-refractivity contribution < 1.29 is 9.90 Å². The third-order valence-corrected chi connectivity index (χ3v) is 3.49. The van der Waals surface area contributed by atoms with E-state index in [2.05, 4.69) is 10.6 Å². The lowest BCUT2D eigenvalue weighted by Crippen LogP contribution is -2.19. The maximum absolute atomic E-state index is 11.9. The van der Waals surface area contributed by atoms with Gasteiger partial charge in [0, 0.05) is 5.69 Å². The Kier molecular flexibility index (Phi) is 3.29. The first kappa shape index (κ1) is 12.5. The van der Waals surface area contributed by atoms with Crippen LogP contribution in [0.2, 0.25) is 0 Å². The molecule has 1 aliphatic rings. The molecule has 0 bridgehead atoms. The van der Waals surface area contributed by atoms with Crippen LogP contribution in [0.1, 0.15) is 17.5 Å². The summed E-state index contributed by atoms with van der Waals surface area (Å²) in [6.07, 6.45) is 3.11. The lowest BCUT2D eigenvalue weighted by Gasteiger charge is -2.11. The van der Waals surface area contributed by atoms with Crippen molar-refractivity contribution in [3.63, 3.8) is 0 Å². The Balaban J connectivity index is 1.73. The number of hydrogen-bond donors (Lipinski definition) is 3. The number of phenolic OH excluding ortho intramolecular Hbond substituents is 1. The molecule has 2 aromatic rings. The highest BCUT2D eigenvalue weighted by Gasteiger charge is 2.15. The Morgan fingerprint density at radius 3 is 2.45 bits per heavy atom. The van der Waals surface area contributed by atoms with Gasteiger partial charge in [-0.25, -0.2) is 4.79 Å². The Labute approximate surface area is 117 Å². The van der Waals surface area contributed by atoms with Gasteiger partial charge in [0.15, 0.2) is 0 Å². The molecule has 0 aliphatic heterocycles. The topological polar surface area (TPSA) is 61.4 Å². The number of rotatable bonds is 2. The fourth-order valence-electron chi connectivity index (χ4n) is 2.52. The number of carbonyl (C=O) groups excluding carboxylic acids is 1. The van der Waals surface area contributed by atoms with E-state index in [9.17, 15) is 9.90 Å². The van der Waals surface area contributed by atoms with Crippen molar-refractivity contribution in [1.82, 2.24) is 0 Å². The largest absolute Gasteiger partial charge is 0.506 e. The number of urea groups is 1. The Bertz CT molecular complexity index is 638. The third-order valence-electron chi connectivity index (χ3n) is 3.49. The van der Waals surface area contributed by atoms with Crippen molar-refractivity contribution in [3.8, 4) is 5.75 Å². The second kappa shape index (κ2) is 5.25. The van der Waals surface area contributed by atoms with E-state index in [0.29, 0.717) is 11.4 Å². The average molecular weight is 268 g/mol. The molecule has 0 heterocycles. The number of para-hydroxylation sites is 1. The summed E-state index contributed by atoms with van der Waals surface area (Å²) in [5, 5.41) is 15.4. The number of benzene rings is 2. The predicted molar refractivity (Wildman–Crippen MR) is 79.2 cm³/mol. The molecular weight excluding hydrogens is 252 g/mol. The van der Waals surface area contributed by atoms with Gasteiger partial charge in [0.2, 0.25) is 0 Å². The quantitative estimate of drug-likeness (QED) is 0.730. The SMILES string of the molecule is O=C(Nc1ccccc1)Nc1cc2c(cc1O)CCC2. The van der Waals surface area contributed by atoms with E-state index in [1.165, 1.54) is 11.1 Å². The predicted octanol–water partition coefficient (Wildman–Crippen LogP) is 3.52. The first-order valence-corrected chi connectivity index (χ1v) is 6.70. The van der Waals surface area contributed by atoms with Crippen LogP contribution in [0.25, 0.3) is 0 Å². The van der Waals surface area contributed by atoms with Crippen LogP contribution >= 0.6 is 0 Å². The lowest BCUT2D eigenvalue weighted by molar-refractivity contribution is 0.262. The summed E-state index contributed by atoms with van der Waals surface area (Å²) in [4.78, 5) is 11.9. The number of amides is 2. The molecule has 4 nitrogen and oxygen atoms in total. The summed E-state index contributed by atoms with van der Waals surface area (Å²) >= 11 is 0. The molecule has 102 valence electrons. The molecule has 0 unspecified atom stereocenters. The van der Waals surface area contributed by atoms with Crippen LogP contribution in [-0.2, 0) is 12.8 Å². The fourth-order valence-corrected chi connectivity index (χ4v) is 2.52. The molecule has 20 heavy (non-hydrogen) atoms. The van der Waals surface area contributed by atoms with Crippen LogP contribution in [0, 0.1) is 0 Å². The molecule has 1 aliphatic carbocycles. The summed E-state index contributed by atoms with van der Waals surface area (Å²) in [5.74, 6) is 0.119. The van der Waals surface area contributed by atoms with Crippen molar-refractivity contribution in [2.45, 2.75) is 19.3 Å². The number of phenols is 1. The molecule has 0 spiro atoms. The summed E-state index contributed by atoms with van der Waals surface area (Å²) in [6.45, 7) is 0. The van der Waals surface area contributed by atoms with Crippen LogP contribution < -0.4 is 10.6 Å². The normalized spacial score (nSPS) is 12.8. The molecular formula is C16H16N2O2. The van der Waals surface area contributed by atoms with E-state index in [0.717, 1.165) is 19.3 Å². The van der Waals surface area contributed by atoms with Crippen molar-refractivity contribution in [1.29, 1.82) is 0 Å². The van der Waals surface area contributed by atoms with E-state index >= 15 is 0 Å². The number of hydrogen-bond acceptors (Lipinski definition) is 2. The Morgan fingerprint density at radius 2 is 1.70 bits per heavy atom. The lowest BCUT2D eigenvalue weighted by atomic mass is 10.1. The minimum atomic E-state index is -0.357. The van der Waals surface area contributed by atoms with E-state index in [4.69, 9.17) is 0 Å². The first-order valence-electron chi connectivity index (χ1n) is 6.70. The average Bonchev–Trinajstić information content (AvgIpc) is 2.87. The third kappa shape index (κ3) is 2.59. The van der Waals surface area contributed by atoms with Crippen molar-refractivity contribution >= 4 is 17.4 Å². The maximum atomic E-state index is 11.9. The molecule has 0 atom stereocenters. The van der Waals surface area contributed by atoms with Gasteiger partial charge in [-0.2, -0.15) is 0 Å². The Morgan fingerprint density at radius 1 is 1.00 bits per heavy atom. The molecule has 4 heteroatoms. The van der Waals surface area contributed by atoms with E-state index < -0.39 is 0 Å². The van der Waals surface area contributed by atoms with Crippen molar-refractivity contribution in [3.05, 3.63) is 53.6 Å². The van der Waals surface area contributed by atoms with Gasteiger partial charge in [-0.1, -0.05) is 18.2 Å². The fraction of sp³-hybridized carbons (Fsp3) is 0.188. The molecule has 3 rings (SSSR count). The number of anilines is 2. The highest BCUT2D eigenvalue weighted by molar-refractivity contribution is 6.00. The zero-order valence-corrected chi connectivity index (χ0v) is 11.0. The Hall–Kier alpha value is -2.49. The highest BCUT2D eigenvalue weighted by atomic mass is 16.3. The van der Waals surface area contributed by atoms with Crippen LogP contribution in [0.15, 0.2) is 42.5 Å². The number of nitrogens with one attached hydrogen (secondary N) is 2. The molecule has 2 amide bonds. The van der Waals surface area contributed by atoms with Gasteiger partial charge in [-0.3, -0.25) is 0 Å². The minimum Gasteiger partial charge on any atom is -0.506 e. The maximum Gasteiger partial charge on any atom is 0.323 e. The van der Waals surface area contributed by atoms with Crippen LogP contribution in [-0.4, -0.2) is 11.1 Å². The molecule has 2 aromatic carbocycles. The van der Waals surface area contributed by atoms with Gasteiger partial charge in [-0.05, 0) is 54.7 Å². The molecule has 3 N–H and O–H groups in total. The van der Waals surface area contributed by atoms with Gasteiger partial charge in [0.05, 0.1) is 5.69 Å². The van der Waals surface area contributed by atoms with Gasteiger partial charge in [0.1, 0.15) is 5.75 Å². The minimum absolute atomic E-state index is 0.119. The van der Waals surface area contributed by atoms with E-state index in [1.807, 2.05) is 36.4 Å². The number of carbonyl (C=O) groups is 1. The molecule has 0 aromatic heterocycles. The number of aromatic hydroxyl groups is 1. The number of fused-ring (bicyclic) bond motifs is 1. The van der Waals surface area contributed by atoms with E-state index in [-0.39, 0.29) is 11.8 Å². The first-order chi connectivity index (χ1) is 9.72. The molecule has 0 saturated carbocycles. The van der Waals surface area contributed by atoms with Crippen molar-refractivity contribution in [2.75, 3.05) is 10.6 Å². The van der Waals surface area contributed by atoms with Crippen LogP contribution in [0.4, 0.5) is 16.2 Å². The monoisotopic (exact) mass is 268 g/mol. The number of aryl methyl sites for hydroxylation is 2. The zero-order valence-electron chi connectivity index (χ0n) is 11.0. The molecule has 0 fully saturated rings. The second-order valence-corrected chi connectivity index (χ2v) is 4.94. The van der Waals surface area contributed by atoms with Gasteiger partial charge >= 0.3 is 6.03 Å². The summed E-state index contributed by atoms with van der Waals surface area (Å²) in [7, 11) is 0. The summed E-state index contributed by atoms with van der Waals surface area (Å²) in [6, 6.07) is 12.5.